The molecule has 0 spiro atoms. The number of ether oxygens (including phenoxy) is 2. The molecule has 1 fully saturated rings. The normalized spacial score (nSPS) is 24.0. The van der Waals surface area contributed by atoms with E-state index in [-0.39, 0.29) is 17.9 Å². The monoisotopic (exact) mass is 493 g/mol. The van der Waals surface area contributed by atoms with Gasteiger partial charge in [0.05, 0.1) is 32.5 Å². The van der Waals surface area contributed by atoms with E-state index in [0.717, 1.165) is 30.3 Å². The van der Waals surface area contributed by atoms with Crippen LogP contribution < -0.4 is 14.8 Å². The predicted molar refractivity (Wildman–Crippen MR) is 136 cm³/mol. The largest absolute Gasteiger partial charge is 0.497 e. The third-order valence-corrected chi connectivity index (χ3v) is 8.06. The number of nitrogens with one attached hydrogen (secondary N) is 1. The fraction of sp³-hybridized carbons (Fsp3) is 0.500. The minimum Gasteiger partial charge on any atom is -0.497 e. The van der Waals surface area contributed by atoms with Gasteiger partial charge in [-0.25, -0.2) is 0 Å². The van der Waals surface area contributed by atoms with Crippen LogP contribution in [0.4, 0.5) is 0 Å². The number of aromatic nitrogens is 1. The van der Waals surface area contributed by atoms with Gasteiger partial charge in [-0.2, -0.15) is 0 Å². The minimum atomic E-state index is -1.05. The third kappa shape index (κ3) is 4.12. The summed E-state index contributed by atoms with van der Waals surface area (Å²) in [6.45, 7) is 4.82. The van der Waals surface area contributed by atoms with E-state index < -0.39 is 5.54 Å². The lowest BCUT2D eigenvalue weighted by Crippen LogP contribution is -2.65. The Hall–Kier alpha value is -3.42. The van der Waals surface area contributed by atoms with Crippen LogP contribution in [0.2, 0.25) is 0 Å². The number of methoxy groups -OCH3 is 2. The number of fused-ring (bicyclic) bond motifs is 3. The molecule has 2 aromatic heterocycles. The third-order valence-electron chi connectivity index (χ3n) is 8.06. The molecule has 2 amide bonds. The summed E-state index contributed by atoms with van der Waals surface area (Å²) in [6.07, 6.45) is 6.55. The van der Waals surface area contributed by atoms with Crippen molar-refractivity contribution in [2.75, 3.05) is 20.8 Å². The maximum absolute atomic E-state index is 13.9. The zero-order valence-electron chi connectivity index (χ0n) is 21.5. The summed E-state index contributed by atoms with van der Waals surface area (Å²) in [5.74, 6) is 1.55. The second-order valence-electron chi connectivity index (χ2n) is 10.3. The molecule has 1 aromatic carbocycles. The smallest absolute Gasteiger partial charge is 0.271 e. The van der Waals surface area contributed by atoms with Gasteiger partial charge in [0.1, 0.15) is 22.7 Å². The van der Waals surface area contributed by atoms with E-state index in [4.69, 9.17) is 13.9 Å². The molecule has 1 aliphatic heterocycles. The number of hydrogen-bond donors (Lipinski definition) is 1. The lowest BCUT2D eigenvalue weighted by Gasteiger charge is -2.45. The van der Waals surface area contributed by atoms with Gasteiger partial charge in [0, 0.05) is 30.8 Å². The van der Waals surface area contributed by atoms with Crippen molar-refractivity contribution < 1.29 is 23.5 Å². The topological polar surface area (TPSA) is 85.9 Å². The molecule has 1 N–H and O–H groups in total. The Balaban J connectivity index is 1.47. The second-order valence-corrected chi connectivity index (χ2v) is 10.3. The van der Waals surface area contributed by atoms with Crippen LogP contribution in [-0.2, 0) is 17.8 Å². The lowest BCUT2D eigenvalue weighted by atomic mass is 9.85. The number of furan rings is 1. The second kappa shape index (κ2) is 9.56. The van der Waals surface area contributed by atoms with Crippen molar-refractivity contribution in [1.29, 1.82) is 0 Å². The van der Waals surface area contributed by atoms with Crippen LogP contribution >= 0.6 is 0 Å². The maximum Gasteiger partial charge on any atom is 0.271 e. The van der Waals surface area contributed by atoms with Gasteiger partial charge in [0.2, 0.25) is 5.91 Å². The van der Waals surface area contributed by atoms with Crippen LogP contribution in [0.15, 0.2) is 41.0 Å². The highest BCUT2D eigenvalue weighted by molar-refractivity contribution is 6.03. The Kier molecular flexibility index (Phi) is 6.45. The molecular weight excluding hydrogens is 458 g/mol. The fourth-order valence-electron chi connectivity index (χ4n) is 5.77. The van der Waals surface area contributed by atoms with Crippen LogP contribution in [0.3, 0.4) is 0 Å². The molecule has 5 rings (SSSR count). The first-order valence-corrected chi connectivity index (χ1v) is 12.8. The molecule has 2 aliphatic rings. The van der Waals surface area contributed by atoms with Crippen LogP contribution in [0.1, 0.15) is 55.6 Å². The fourth-order valence-corrected chi connectivity index (χ4v) is 5.77. The van der Waals surface area contributed by atoms with Crippen molar-refractivity contribution in [1.82, 2.24) is 14.8 Å². The van der Waals surface area contributed by atoms with E-state index in [1.54, 1.807) is 31.4 Å². The predicted octanol–water partition coefficient (Wildman–Crippen LogP) is 4.40. The summed E-state index contributed by atoms with van der Waals surface area (Å²) < 4.78 is 18.4. The Morgan fingerprint density at radius 3 is 2.72 bits per heavy atom. The molecular formula is C28H35N3O5. The molecule has 192 valence electrons. The van der Waals surface area contributed by atoms with Crippen LogP contribution in [-0.4, -0.2) is 53.6 Å². The number of benzene rings is 1. The highest BCUT2D eigenvalue weighted by atomic mass is 16.5. The Labute approximate surface area is 211 Å². The van der Waals surface area contributed by atoms with Crippen molar-refractivity contribution in [3.05, 3.63) is 47.9 Å². The molecule has 0 bridgehead atoms. The van der Waals surface area contributed by atoms with Gasteiger partial charge in [0.25, 0.3) is 5.91 Å². The van der Waals surface area contributed by atoms with E-state index >= 15 is 0 Å². The van der Waals surface area contributed by atoms with Gasteiger partial charge in [-0.3, -0.25) is 9.59 Å². The van der Waals surface area contributed by atoms with Crippen LogP contribution in [0.5, 0.6) is 11.5 Å². The van der Waals surface area contributed by atoms with E-state index in [1.165, 1.54) is 6.42 Å². The zero-order chi connectivity index (χ0) is 25.4. The highest BCUT2D eigenvalue weighted by Crippen LogP contribution is 2.34. The van der Waals surface area contributed by atoms with Crippen LogP contribution in [0, 0.1) is 5.92 Å². The van der Waals surface area contributed by atoms with Crippen molar-refractivity contribution in [3.8, 4) is 11.5 Å². The molecule has 1 aliphatic carbocycles. The first-order chi connectivity index (χ1) is 17.4. The molecule has 0 radical (unpaired) electrons. The highest BCUT2D eigenvalue weighted by Gasteiger charge is 2.48. The Morgan fingerprint density at radius 1 is 1.17 bits per heavy atom. The first-order valence-electron chi connectivity index (χ1n) is 12.8. The summed E-state index contributed by atoms with van der Waals surface area (Å²) in [7, 11) is 3.23. The molecule has 36 heavy (non-hydrogen) atoms. The number of nitrogens with zero attached hydrogens (tertiary/aromatic N) is 2. The SMILES string of the molecule is COc1ccc(CCN2C(=O)c3cc4occc4n3C[C@]2(C)C(=O)N[C@H]2CCCC[C@H]2C)c(OC)c1. The number of amides is 2. The standard InChI is InChI=1S/C28H35N3O5/c1-18-7-5-6-8-21(18)29-27(33)28(2)17-30-22-12-14-36-25(22)16-23(30)26(32)31(28)13-11-19-9-10-20(34-3)15-24(19)35-4/h9-10,12,14-16,18,21H,5-8,11,13,17H2,1-4H3,(H,29,33)/t18-,21+,28-/m1/s1. The quantitative estimate of drug-likeness (QED) is 0.527. The summed E-state index contributed by atoms with van der Waals surface area (Å²) in [5, 5.41) is 3.32. The van der Waals surface area contributed by atoms with Crippen molar-refractivity contribution in [3.63, 3.8) is 0 Å². The van der Waals surface area contributed by atoms with E-state index in [0.29, 0.717) is 48.2 Å². The molecule has 0 unspecified atom stereocenters. The van der Waals surface area contributed by atoms with Gasteiger partial charge in [0.15, 0.2) is 5.58 Å². The van der Waals surface area contributed by atoms with Gasteiger partial charge in [-0.05, 0) is 43.7 Å². The molecule has 8 heteroatoms. The number of carbonyl (C=O) groups excluding carboxylic acids is 2. The van der Waals surface area contributed by atoms with Gasteiger partial charge in [-0.1, -0.05) is 25.8 Å². The average molecular weight is 494 g/mol. The van der Waals surface area contributed by atoms with E-state index in [2.05, 4.69) is 12.2 Å². The summed E-state index contributed by atoms with van der Waals surface area (Å²) in [5.41, 5.74) is 1.93. The lowest BCUT2D eigenvalue weighted by molar-refractivity contribution is -0.134. The average Bonchev–Trinajstić information content (AvgIpc) is 3.47. The molecule has 8 nitrogen and oxygen atoms in total. The van der Waals surface area contributed by atoms with Gasteiger partial charge in [-0.15, -0.1) is 0 Å². The van der Waals surface area contributed by atoms with Crippen molar-refractivity contribution in [2.45, 2.75) is 64.1 Å². The van der Waals surface area contributed by atoms with E-state index in [1.807, 2.05) is 35.8 Å². The molecule has 1 saturated carbocycles. The molecule has 3 atom stereocenters. The Bertz CT molecular complexity index is 1280. The molecule has 0 saturated heterocycles. The number of rotatable bonds is 7. The first kappa shape index (κ1) is 24.3. The van der Waals surface area contributed by atoms with Crippen molar-refractivity contribution >= 4 is 22.9 Å². The Morgan fingerprint density at radius 2 is 1.97 bits per heavy atom. The number of hydrogen-bond acceptors (Lipinski definition) is 5. The van der Waals surface area contributed by atoms with Gasteiger partial charge >= 0.3 is 0 Å². The molecule has 3 heterocycles. The molecule has 3 aromatic rings. The zero-order valence-corrected chi connectivity index (χ0v) is 21.5. The summed E-state index contributed by atoms with van der Waals surface area (Å²) in [4.78, 5) is 29.5. The van der Waals surface area contributed by atoms with Gasteiger partial charge < -0.3 is 28.7 Å². The van der Waals surface area contributed by atoms with E-state index in [9.17, 15) is 9.59 Å². The van der Waals surface area contributed by atoms with Crippen LogP contribution in [0.25, 0.3) is 11.1 Å². The maximum atomic E-state index is 13.9. The number of carbonyl (C=O) groups is 2. The minimum absolute atomic E-state index is 0.104. The summed E-state index contributed by atoms with van der Waals surface area (Å²) in [6, 6.07) is 9.42. The summed E-state index contributed by atoms with van der Waals surface area (Å²) >= 11 is 0. The van der Waals surface area contributed by atoms with Crippen molar-refractivity contribution in [2.24, 2.45) is 5.92 Å².